The lowest BCUT2D eigenvalue weighted by Gasteiger charge is -2.06. The highest BCUT2D eigenvalue weighted by molar-refractivity contribution is 9.10. The molecule has 0 aromatic heterocycles. The topological polar surface area (TPSA) is 12.0 Å². The molecule has 0 saturated carbocycles. The van der Waals surface area contributed by atoms with Gasteiger partial charge in [0.1, 0.15) is 0 Å². The average molecular weight is 315 g/mol. The third kappa shape index (κ3) is 3.70. The van der Waals surface area contributed by atoms with Gasteiger partial charge in [0.25, 0.3) is 0 Å². The first-order valence-electron chi connectivity index (χ1n) is 3.77. The van der Waals surface area contributed by atoms with Crippen molar-refractivity contribution in [1.82, 2.24) is 0 Å². The van der Waals surface area contributed by atoms with Gasteiger partial charge in [-0.1, -0.05) is 34.8 Å². The van der Waals surface area contributed by atoms with Crippen LogP contribution in [-0.2, 0) is 0 Å². The lowest BCUT2D eigenvalue weighted by molar-refractivity contribution is 1.31. The Kier molecular flexibility index (Phi) is 5.10. The molecule has 1 nitrogen and oxygen atoms in total. The monoisotopic (exact) mass is 313 g/mol. The largest absolute Gasteiger partial charge is 0.380 e. The second kappa shape index (κ2) is 5.86. The maximum absolute atomic E-state index is 5.90. The van der Waals surface area contributed by atoms with Crippen LogP contribution < -0.4 is 5.32 Å². The van der Waals surface area contributed by atoms with Crippen LogP contribution in [0.2, 0.25) is 5.02 Å². The zero-order chi connectivity index (χ0) is 10.6. The predicted molar refractivity (Wildman–Crippen MR) is 67.4 cm³/mol. The van der Waals surface area contributed by atoms with E-state index in [2.05, 4.69) is 21.2 Å². The van der Waals surface area contributed by atoms with Gasteiger partial charge in [-0.2, -0.15) is 0 Å². The Morgan fingerprint density at radius 3 is 2.79 bits per heavy atom. The van der Waals surface area contributed by atoms with Gasteiger partial charge in [0, 0.05) is 20.7 Å². The summed E-state index contributed by atoms with van der Waals surface area (Å²) in [6.07, 6.45) is 0. The van der Waals surface area contributed by atoms with Crippen LogP contribution in [0.3, 0.4) is 0 Å². The third-order valence-corrected chi connectivity index (χ3v) is 3.35. The van der Waals surface area contributed by atoms with Gasteiger partial charge >= 0.3 is 0 Å². The van der Waals surface area contributed by atoms with Crippen LogP contribution in [0.25, 0.3) is 0 Å². The van der Waals surface area contributed by atoms with Crippen molar-refractivity contribution >= 4 is 56.4 Å². The molecule has 0 unspecified atom stereocenters. The van der Waals surface area contributed by atoms with E-state index in [4.69, 9.17) is 34.8 Å². The summed E-state index contributed by atoms with van der Waals surface area (Å²) in [4.78, 5) is 0. The molecule has 0 saturated heterocycles. The Morgan fingerprint density at radius 1 is 1.50 bits per heavy atom. The maximum Gasteiger partial charge on any atom is 0.0568 e. The Balaban J connectivity index is 2.64. The number of benzene rings is 1. The lowest BCUT2D eigenvalue weighted by atomic mass is 10.3. The van der Waals surface area contributed by atoms with Crippen LogP contribution in [0.5, 0.6) is 0 Å². The third-order valence-electron chi connectivity index (χ3n) is 1.50. The van der Waals surface area contributed by atoms with E-state index in [0.29, 0.717) is 16.6 Å². The molecule has 0 heterocycles. The summed E-state index contributed by atoms with van der Waals surface area (Å²) in [6, 6.07) is 5.57. The molecule has 0 aliphatic rings. The molecule has 0 aliphatic carbocycles. The molecular weight excluding hydrogens is 308 g/mol. The summed E-state index contributed by atoms with van der Waals surface area (Å²) in [5.41, 5.74) is 2.23. The molecule has 1 aromatic carbocycles. The van der Waals surface area contributed by atoms with E-state index in [0.717, 1.165) is 10.2 Å². The Labute approximate surface area is 106 Å². The van der Waals surface area contributed by atoms with Gasteiger partial charge in [-0.05, 0) is 34.1 Å². The van der Waals surface area contributed by atoms with Crippen LogP contribution >= 0.6 is 50.7 Å². The van der Waals surface area contributed by atoms with Crippen molar-refractivity contribution in [1.29, 1.82) is 0 Å². The second-order valence-corrected chi connectivity index (χ2v) is 4.50. The minimum Gasteiger partial charge on any atom is -0.380 e. The van der Waals surface area contributed by atoms with Crippen molar-refractivity contribution in [3.8, 4) is 0 Å². The average Bonchev–Trinajstić information content (AvgIpc) is 2.19. The molecule has 0 radical (unpaired) electrons. The highest BCUT2D eigenvalue weighted by Gasteiger charge is 1.98. The highest BCUT2D eigenvalue weighted by atomic mass is 79.9. The standard InChI is InChI=1S/C9H7BrCl3N/c10-8-2-1-7(3-9(8)13)14-5-6(12)4-11/h1-4,14H,5H2/b6-4+. The molecule has 1 N–H and O–H groups in total. The number of halogens is 4. The molecule has 0 spiro atoms. The zero-order valence-electron chi connectivity index (χ0n) is 7.03. The number of anilines is 1. The van der Waals surface area contributed by atoms with Crippen molar-refractivity contribution in [2.24, 2.45) is 0 Å². The molecule has 5 heteroatoms. The molecule has 1 aromatic rings. The van der Waals surface area contributed by atoms with Crippen molar-refractivity contribution in [3.05, 3.63) is 38.3 Å². The highest BCUT2D eigenvalue weighted by Crippen LogP contribution is 2.25. The van der Waals surface area contributed by atoms with E-state index in [1.165, 1.54) is 5.54 Å². The van der Waals surface area contributed by atoms with E-state index in [-0.39, 0.29) is 0 Å². The van der Waals surface area contributed by atoms with Gasteiger partial charge in [-0.3, -0.25) is 0 Å². The van der Waals surface area contributed by atoms with Crippen molar-refractivity contribution < 1.29 is 0 Å². The van der Waals surface area contributed by atoms with Gasteiger partial charge in [-0.25, -0.2) is 0 Å². The zero-order valence-corrected chi connectivity index (χ0v) is 10.9. The molecule has 14 heavy (non-hydrogen) atoms. The number of nitrogens with one attached hydrogen (secondary N) is 1. The van der Waals surface area contributed by atoms with E-state index >= 15 is 0 Å². The summed E-state index contributed by atoms with van der Waals surface area (Å²) < 4.78 is 0.865. The summed E-state index contributed by atoms with van der Waals surface area (Å²) in [5, 5.41) is 4.27. The van der Waals surface area contributed by atoms with Gasteiger partial charge in [0.2, 0.25) is 0 Å². The molecule has 0 aliphatic heterocycles. The minimum absolute atomic E-state index is 0.489. The number of hydrogen-bond acceptors (Lipinski definition) is 1. The van der Waals surface area contributed by atoms with Crippen LogP contribution in [0.1, 0.15) is 0 Å². The number of hydrogen-bond donors (Lipinski definition) is 1. The Bertz CT molecular complexity index is 352. The summed E-state index contributed by atoms with van der Waals surface area (Å²) in [6.45, 7) is 0.489. The fourth-order valence-electron chi connectivity index (χ4n) is 0.831. The molecular formula is C9H7BrCl3N. The normalized spacial score (nSPS) is 11.6. The molecule has 76 valence electrons. The summed E-state index contributed by atoms with van der Waals surface area (Å²) in [5.74, 6) is 0. The van der Waals surface area contributed by atoms with Gasteiger partial charge in [0.15, 0.2) is 0 Å². The van der Waals surface area contributed by atoms with Crippen molar-refractivity contribution in [3.63, 3.8) is 0 Å². The Hall–Kier alpha value is 0.110. The van der Waals surface area contributed by atoms with Crippen LogP contribution in [-0.4, -0.2) is 6.54 Å². The molecule has 0 bridgehead atoms. The minimum atomic E-state index is 0.489. The smallest absolute Gasteiger partial charge is 0.0568 e. The molecule has 0 amide bonds. The first-order valence-corrected chi connectivity index (χ1v) is 5.75. The lowest BCUT2D eigenvalue weighted by Crippen LogP contribution is -2.00. The fraction of sp³-hybridized carbons (Fsp3) is 0.111. The molecule has 0 atom stereocenters. The Morgan fingerprint density at radius 2 is 2.21 bits per heavy atom. The quantitative estimate of drug-likeness (QED) is 0.842. The van der Waals surface area contributed by atoms with E-state index in [1.807, 2.05) is 18.2 Å². The van der Waals surface area contributed by atoms with Crippen LogP contribution in [0.15, 0.2) is 33.2 Å². The van der Waals surface area contributed by atoms with Gasteiger partial charge < -0.3 is 5.32 Å². The summed E-state index contributed by atoms with van der Waals surface area (Å²) in [7, 11) is 0. The number of rotatable bonds is 3. The van der Waals surface area contributed by atoms with Crippen LogP contribution in [0.4, 0.5) is 5.69 Å². The fourth-order valence-corrected chi connectivity index (χ4v) is 1.40. The van der Waals surface area contributed by atoms with Crippen LogP contribution in [0, 0.1) is 0 Å². The van der Waals surface area contributed by atoms with E-state index in [9.17, 15) is 0 Å². The molecule has 1 rings (SSSR count). The predicted octanol–water partition coefficient (Wildman–Crippen LogP) is 4.83. The second-order valence-electron chi connectivity index (χ2n) is 2.54. The maximum atomic E-state index is 5.90. The first-order chi connectivity index (χ1) is 6.63. The van der Waals surface area contributed by atoms with Crippen molar-refractivity contribution in [2.75, 3.05) is 11.9 Å². The van der Waals surface area contributed by atoms with E-state index < -0.39 is 0 Å². The van der Waals surface area contributed by atoms with Gasteiger partial charge in [-0.15, -0.1) is 0 Å². The van der Waals surface area contributed by atoms with E-state index in [1.54, 1.807) is 0 Å². The summed E-state index contributed by atoms with van der Waals surface area (Å²) >= 11 is 20.3. The van der Waals surface area contributed by atoms with Crippen molar-refractivity contribution in [2.45, 2.75) is 0 Å². The van der Waals surface area contributed by atoms with Gasteiger partial charge in [0.05, 0.1) is 11.6 Å². The SMILES string of the molecule is Cl/C=C(/Cl)CNc1ccc(Br)c(Cl)c1. The first kappa shape index (κ1) is 12.2. The molecule has 0 fully saturated rings.